The molecule has 0 saturated heterocycles. The molecule has 0 fully saturated rings. The summed E-state index contributed by atoms with van der Waals surface area (Å²) in [6.45, 7) is 5.68. The van der Waals surface area contributed by atoms with Crippen LogP contribution in [0.15, 0.2) is 75.1 Å². The van der Waals surface area contributed by atoms with Gasteiger partial charge < -0.3 is 15.0 Å². The van der Waals surface area contributed by atoms with E-state index in [1.807, 2.05) is 62.4 Å². The zero-order chi connectivity index (χ0) is 22.6. The average Bonchev–Trinajstić information content (AvgIpc) is 2.78. The van der Waals surface area contributed by atoms with Gasteiger partial charge in [0.25, 0.3) is 5.91 Å². The van der Waals surface area contributed by atoms with E-state index >= 15 is 0 Å². The fourth-order valence-electron chi connectivity index (χ4n) is 2.63. The second-order valence-electron chi connectivity index (χ2n) is 6.67. The van der Waals surface area contributed by atoms with Crippen LogP contribution < -0.4 is 5.32 Å². The van der Waals surface area contributed by atoms with Crippen LogP contribution in [0.5, 0.6) is 0 Å². The Kier molecular flexibility index (Phi) is 9.10. The Bertz CT molecular complexity index is 1010. The smallest absolute Gasteiger partial charge is 0.273 e. The molecule has 0 aliphatic rings. The minimum atomic E-state index is -0.361. The largest absolute Gasteiger partial charge is 0.398 e. The van der Waals surface area contributed by atoms with Crippen molar-refractivity contribution in [1.29, 1.82) is 0 Å². The molecular formula is C23H27N5O3. The predicted molar refractivity (Wildman–Crippen MR) is 124 cm³/mol. The number of oxime groups is 2. The Labute approximate surface area is 182 Å². The number of likely N-dealkylation sites (N-methyl/N-ethyl adjacent to an activating group) is 1. The summed E-state index contributed by atoms with van der Waals surface area (Å²) in [5.74, 6) is -0.361. The highest BCUT2D eigenvalue weighted by Crippen LogP contribution is 2.13. The van der Waals surface area contributed by atoms with Gasteiger partial charge in [-0.15, -0.1) is 5.10 Å². The van der Waals surface area contributed by atoms with Crippen molar-refractivity contribution in [2.75, 3.05) is 14.2 Å². The maximum Gasteiger partial charge on any atom is 0.273 e. The van der Waals surface area contributed by atoms with E-state index in [1.165, 1.54) is 14.2 Å². The van der Waals surface area contributed by atoms with Gasteiger partial charge in [-0.3, -0.25) is 4.79 Å². The Morgan fingerprint density at radius 3 is 2.23 bits per heavy atom. The van der Waals surface area contributed by atoms with E-state index in [0.717, 1.165) is 16.8 Å². The molecule has 162 valence electrons. The number of carbonyl (C=O) groups excluding carboxylic acids is 1. The summed E-state index contributed by atoms with van der Waals surface area (Å²) >= 11 is 0. The highest BCUT2D eigenvalue weighted by Gasteiger charge is 2.17. The fourth-order valence-corrected chi connectivity index (χ4v) is 2.63. The van der Waals surface area contributed by atoms with Crippen molar-refractivity contribution >= 4 is 28.8 Å². The van der Waals surface area contributed by atoms with Crippen LogP contribution in [0.2, 0.25) is 0 Å². The number of carbonyl (C=O) groups is 1. The molecule has 0 unspecified atom stereocenters. The van der Waals surface area contributed by atoms with Crippen molar-refractivity contribution in [3.63, 3.8) is 0 Å². The van der Waals surface area contributed by atoms with Crippen molar-refractivity contribution in [2.45, 2.75) is 27.4 Å². The number of nitrogens with zero attached hydrogens (tertiary/aromatic N) is 4. The maximum absolute atomic E-state index is 12.2. The van der Waals surface area contributed by atoms with Crippen molar-refractivity contribution in [3.8, 4) is 0 Å². The first-order chi connectivity index (χ1) is 15.0. The molecule has 31 heavy (non-hydrogen) atoms. The topological polar surface area (TPSA) is 97.0 Å². The van der Waals surface area contributed by atoms with Gasteiger partial charge in [-0.2, -0.15) is 5.10 Å². The van der Waals surface area contributed by atoms with Crippen LogP contribution in [0, 0.1) is 0 Å². The molecule has 2 aromatic carbocycles. The molecule has 0 aliphatic carbocycles. The van der Waals surface area contributed by atoms with E-state index in [-0.39, 0.29) is 18.2 Å². The average molecular weight is 422 g/mol. The number of benzene rings is 2. The summed E-state index contributed by atoms with van der Waals surface area (Å²) < 4.78 is 0. The Morgan fingerprint density at radius 2 is 1.58 bits per heavy atom. The van der Waals surface area contributed by atoms with Gasteiger partial charge in [0.1, 0.15) is 25.1 Å². The van der Waals surface area contributed by atoms with Crippen molar-refractivity contribution in [1.82, 2.24) is 5.32 Å². The lowest BCUT2D eigenvalue weighted by Crippen LogP contribution is -2.29. The zero-order valence-corrected chi connectivity index (χ0v) is 18.4. The Balaban J connectivity index is 2.28. The van der Waals surface area contributed by atoms with Gasteiger partial charge in [0.15, 0.2) is 5.71 Å². The molecule has 8 heteroatoms. The van der Waals surface area contributed by atoms with Gasteiger partial charge in [0.2, 0.25) is 0 Å². The van der Waals surface area contributed by atoms with Crippen molar-refractivity contribution in [2.24, 2.45) is 20.5 Å². The maximum atomic E-state index is 12.2. The minimum Gasteiger partial charge on any atom is -0.398 e. The standard InChI is InChI=1S/C23H27N5O3/c1-16(2)25-26-21(18-11-7-6-8-12-18)17(3)27-31-15-19-13-9-10-14-20(19)22(28-30-5)23(29)24-4/h6-14H,15H2,1-5H3,(H,24,29). The molecule has 2 aromatic rings. The first-order valence-corrected chi connectivity index (χ1v) is 9.70. The number of amides is 1. The molecule has 0 saturated carbocycles. The van der Waals surface area contributed by atoms with E-state index in [2.05, 4.69) is 25.8 Å². The molecule has 0 bridgehead atoms. The summed E-state index contributed by atoms with van der Waals surface area (Å²) in [4.78, 5) is 22.6. The summed E-state index contributed by atoms with van der Waals surface area (Å²) in [6, 6.07) is 16.9. The SMILES string of the molecule is CNC(=O)C(=NOC)c1ccccc1CON=C(C)C(=NN=C(C)C)c1ccccc1. The quantitative estimate of drug-likeness (QED) is 0.495. The Morgan fingerprint density at radius 1 is 0.903 bits per heavy atom. The molecule has 1 N–H and O–H groups in total. The molecule has 2 rings (SSSR count). The minimum absolute atomic E-state index is 0.130. The van der Waals surface area contributed by atoms with Crippen LogP contribution in [0.4, 0.5) is 0 Å². The monoisotopic (exact) mass is 421 g/mol. The highest BCUT2D eigenvalue weighted by molar-refractivity contribution is 6.47. The van der Waals surface area contributed by atoms with Crippen LogP contribution in [-0.2, 0) is 21.1 Å². The normalized spacial score (nSPS) is 12.2. The van der Waals surface area contributed by atoms with Gasteiger partial charge in [-0.1, -0.05) is 64.9 Å². The van der Waals surface area contributed by atoms with Crippen LogP contribution >= 0.6 is 0 Å². The number of nitrogens with one attached hydrogen (secondary N) is 1. The van der Waals surface area contributed by atoms with Gasteiger partial charge in [-0.05, 0) is 20.8 Å². The summed E-state index contributed by atoms with van der Waals surface area (Å²) in [7, 11) is 2.92. The molecular weight excluding hydrogens is 394 g/mol. The van der Waals surface area contributed by atoms with Gasteiger partial charge in [0.05, 0.1) is 0 Å². The molecule has 0 aromatic heterocycles. The van der Waals surface area contributed by atoms with Gasteiger partial charge >= 0.3 is 0 Å². The Hall–Kier alpha value is -3.81. The third-order valence-electron chi connectivity index (χ3n) is 4.06. The lowest BCUT2D eigenvalue weighted by molar-refractivity contribution is -0.114. The summed E-state index contributed by atoms with van der Waals surface area (Å²) in [6.07, 6.45) is 0. The lowest BCUT2D eigenvalue weighted by atomic mass is 10.0. The second kappa shape index (κ2) is 12.0. The highest BCUT2D eigenvalue weighted by atomic mass is 16.6. The predicted octanol–water partition coefficient (Wildman–Crippen LogP) is 3.56. The molecule has 8 nitrogen and oxygen atoms in total. The summed E-state index contributed by atoms with van der Waals surface area (Å²) in [5, 5.41) is 19.1. The van der Waals surface area contributed by atoms with E-state index in [0.29, 0.717) is 17.0 Å². The van der Waals surface area contributed by atoms with Gasteiger partial charge in [0, 0.05) is 29.4 Å². The summed E-state index contributed by atoms with van der Waals surface area (Å²) in [5.41, 5.74) is 4.39. The fraction of sp³-hybridized carbons (Fsp3) is 0.261. The molecule has 0 atom stereocenters. The number of hydrogen-bond acceptors (Lipinski definition) is 7. The first kappa shape index (κ1) is 23.5. The molecule has 0 spiro atoms. The third-order valence-corrected chi connectivity index (χ3v) is 4.06. The van der Waals surface area contributed by atoms with E-state index in [9.17, 15) is 4.79 Å². The van der Waals surface area contributed by atoms with E-state index in [4.69, 9.17) is 9.68 Å². The zero-order valence-electron chi connectivity index (χ0n) is 18.4. The van der Waals surface area contributed by atoms with Crippen molar-refractivity contribution in [3.05, 3.63) is 71.3 Å². The van der Waals surface area contributed by atoms with Gasteiger partial charge in [-0.25, -0.2) is 0 Å². The molecule has 0 aliphatic heterocycles. The van der Waals surface area contributed by atoms with Crippen LogP contribution in [0.25, 0.3) is 0 Å². The van der Waals surface area contributed by atoms with E-state index in [1.54, 1.807) is 13.0 Å². The van der Waals surface area contributed by atoms with Crippen LogP contribution in [-0.4, -0.2) is 42.9 Å². The molecule has 1 amide bonds. The number of rotatable bonds is 9. The first-order valence-electron chi connectivity index (χ1n) is 9.70. The number of hydrogen-bond donors (Lipinski definition) is 1. The van der Waals surface area contributed by atoms with Crippen LogP contribution in [0.3, 0.4) is 0 Å². The van der Waals surface area contributed by atoms with E-state index < -0.39 is 0 Å². The second-order valence-corrected chi connectivity index (χ2v) is 6.67. The van der Waals surface area contributed by atoms with Crippen LogP contribution in [0.1, 0.15) is 37.5 Å². The lowest BCUT2D eigenvalue weighted by Gasteiger charge is -2.10. The molecule has 0 radical (unpaired) electrons. The third kappa shape index (κ3) is 6.88. The van der Waals surface area contributed by atoms with Crippen molar-refractivity contribution < 1.29 is 14.5 Å². The molecule has 0 heterocycles.